The number of rotatable bonds is 5. The SMILES string of the molecule is CCC(N)Cc1ccc(Sc2cccc(Cl)c2)cc1C. The Morgan fingerprint density at radius 3 is 2.55 bits per heavy atom. The summed E-state index contributed by atoms with van der Waals surface area (Å²) in [6, 6.07) is 14.8. The summed E-state index contributed by atoms with van der Waals surface area (Å²) in [7, 11) is 0. The average Bonchev–Trinajstić information content (AvgIpc) is 2.41. The zero-order valence-corrected chi connectivity index (χ0v) is 13.5. The van der Waals surface area contributed by atoms with Crippen molar-refractivity contribution in [2.24, 2.45) is 5.73 Å². The number of hydrogen-bond acceptors (Lipinski definition) is 2. The molecular formula is C17H20ClNS. The van der Waals surface area contributed by atoms with Crippen molar-refractivity contribution in [3.8, 4) is 0 Å². The monoisotopic (exact) mass is 305 g/mol. The lowest BCUT2D eigenvalue weighted by Gasteiger charge is -2.12. The van der Waals surface area contributed by atoms with E-state index in [0.29, 0.717) is 0 Å². The van der Waals surface area contributed by atoms with E-state index in [1.54, 1.807) is 11.8 Å². The summed E-state index contributed by atoms with van der Waals surface area (Å²) in [4.78, 5) is 2.40. The van der Waals surface area contributed by atoms with Crippen LogP contribution in [0.3, 0.4) is 0 Å². The van der Waals surface area contributed by atoms with Crippen molar-refractivity contribution in [3.63, 3.8) is 0 Å². The predicted octanol–water partition coefficient (Wildman–Crippen LogP) is 5.08. The highest BCUT2D eigenvalue weighted by Gasteiger charge is 2.06. The highest BCUT2D eigenvalue weighted by Crippen LogP contribution is 2.30. The lowest BCUT2D eigenvalue weighted by Crippen LogP contribution is -2.21. The molecule has 0 fully saturated rings. The van der Waals surface area contributed by atoms with E-state index in [9.17, 15) is 0 Å². The van der Waals surface area contributed by atoms with Crippen molar-refractivity contribution in [2.45, 2.75) is 42.5 Å². The summed E-state index contributed by atoms with van der Waals surface area (Å²) in [5.41, 5.74) is 8.68. The summed E-state index contributed by atoms with van der Waals surface area (Å²) < 4.78 is 0. The largest absolute Gasteiger partial charge is 0.327 e. The molecule has 3 heteroatoms. The molecule has 0 radical (unpaired) electrons. The van der Waals surface area contributed by atoms with E-state index in [0.717, 1.165) is 22.8 Å². The molecule has 0 spiro atoms. The molecular weight excluding hydrogens is 286 g/mol. The van der Waals surface area contributed by atoms with Gasteiger partial charge < -0.3 is 5.73 Å². The van der Waals surface area contributed by atoms with Gasteiger partial charge in [0.05, 0.1) is 0 Å². The molecule has 2 aromatic rings. The Morgan fingerprint density at radius 2 is 1.90 bits per heavy atom. The van der Waals surface area contributed by atoms with Gasteiger partial charge in [0.1, 0.15) is 0 Å². The molecule has 0 saturated carbocycles. The predicted molar refractivity (Wildman–Crippen MR) is 88.7 cm³/mol. The van der Waals surface area contributed by atoms with Crippen LogP contribution in [0.15, 0.2) is 52.3 Å². The van der Waals surface area contributed by atoms with Gasteiger partial charge in [-0.05, 0) is 61.2 Å². The molecule has 0 saturated heterocycles. The second kappa shape index (κ2) is 7.16. The van der Waals surface area contributed by atoms with Crippen LogP contribution in [-0.2, 0) is 6.42 Å². The average molecular weight is 306 g/mol. The molecule has 2 N–H and O–H groups in total. The Morgan fingerprint density at radius 1 is 1.15 bits per heavy atom. The molecule has 0 heterocycles. The van der Waals surface area contributed by atoms with E-state index in [2.05, 4.69) is 38.1 Å². The van der Waals surface area contributed by atoms with Crippen LogP contribution in [0.5, 0.6) is 0 Å². The van der Waals surface area contributed by atoms with Crippen molar-refractivity contribution in [1.29, 1.82) is 0 Å². The zero-order chi connectivity index (χ0) is 14.5. The van der Waals surface area contributed by atoms with Crippen LogP contribution < -0.4 is 5.73 Å². The van der Waals surface area contributed by atoms with Gasteiger partial charge in [-0.3, -0.25) is 0 Å². The lowest BCUT2D eigenvalue weighted by atomic mass is 10.0. The normalized spacial score (nSPS) is 12.4. The van der Waals surface area contributed by atoms with Crippen LogP contribution in [0.25, 0.3) is 0 Å². The highest BCUT2D eigenvalue weighted by atomic mass is 35.5. The molecule has 1 atom stereocenters. The van der Waals surface area contributed by atoms with Gasteiger partial charge in [0.25, 0.3) is 0 Å². The van der Waals surface area contributed by atoms with Crippen LogP contribution in [-0.4, -0.2) is 6.04 Å². The molecule has 1 unspecified atom stereocenters. The topological polar surface area (TPSA) is 26.0 Å². The molecule has 20 heavy (non-hydrogen) atoms. The number of nitrogens with two attached hydrogens (primary N) is 1. The Bertz CT molecular complexity index is 583. The van der Waals surface area contributed by atoms with Gasteiger partial charge >= 0.3 is 0 Å². The van der Waals surface area contributed by atoms with E-state index in [1.807, 2.05) is 18.2 Å². The Labute approximate surface area is 130 Å². The molecule has 0 aliphatic rings. The van der Waals surface area contributed by atoms with Crippen LogP contribution in [0.1, 0.15) is 24.5 Å². The maximum atomic E-state index is 6.03. The summed E-state index contributed by atoms with van der Waals surface area (Å²) in [5, 5.41) is 0.775. The quantitative estimate of drug-likeness (QED) is 0.833. The van der Waals surface area contributed by atoms with Crippen molar-refractivity contribution in [2.75, 3.05) is 0 Å². The van der Waals surface area contributed by atoms with E-state index in [-0.39, 0.29) is 6.04 Å². The standard InChI is InChI=1S/C17H20ClNS/c1-3-15(19)10-13-7-8-17(9-12(13)2)20-16-6-4-5-14(18)11-16/h4-9,11,15H,3,10,19H2,1-2H3. The number of hydrogen-bond donors (Lipinski definition) is 1. The maximum absolute atomic E-state index is 6.03. The molecule has 106 valence electrons. The van der Waals surface area contributed by atoms with Crippen molar-refractivity contribution < 1.29 is 0 Å². The van der Waals surface area contributed by atoms with Gasteiger partial charge in [0, 0.05) is 20.9 Å². The van der Waals surface area contributed by atoms with Crippen LogP contribution in [0, 0.1) is 6.92 Å². The van der Waals surface area contributed by atoms with Gasteiger partial charge in [-0.25, -0.2) is 0 Å². The molecule has 1 nitrogen and oxygen atoms in total. The molecule has 0 aliphatic heterocycles. The van der Waals surface area contributed by atoms with E-state index in [1.165, 1.54) is 16.0 Å². The first-order valence-corrected chi connectivity index (χ1v) is 8.06. The van der Waals surface area contributed by atoms with E-state index >= 15 is 0 Å². The summed E-state index contributed by atoms with van der Waals surface area (Å²) >= 11 is 7.75. The third-order valence-electron chi connectivity index (χ3n) is 3.35. The van der Waals surface area contributed by atoms with Crippen LogP contribution in [0.2, 0.25) is 5.02 Å². The van der Waals surface area contributed by atoms with Gasteiger partial charge in [-0.1, -0.05) is 42.4 Å². The number of halogens is 1. The molecule has 2 aromatic carbocycles. The molecule has 0 aromatic heterocycles. The van der Waals surface area contributed by atoms with Crippen LogP contribution >= 0.6 is 23.4 Å². The highest BCUT2D eigenvalue weighted by molar-refractivity contribution is 7.99. The summed E-state index contributed by atoms with van der Waals surface area (Å²) in [6.45, 7) is 4.28. The first-order chi connectivity index (χ1) is 9.58. The summed E-state index contributed by atoms with van der Waals surface area (Å²) in [6.07, 6.45) is 1.96. The summed E-state index contributed by atoms with van der Waals surface area (Å²) in [5.74, 6) is 0. The fraction of sp³-hybridized carbons (Fsp3) is 0.294. The van der Waals surface area contributed by atoms with Crippen LogP contribution in [0.4, 0.5) is 0 Å². The van der Waals surface area contributed by atoms with Gasteiger partial charge in [0.15, 0.2) is 0 Å². The number of benzene rings is 2. The van der Waals surface area contributed by atoms with Crippen molar-refractivity contribution in [3.05, 3.63) is 58.6 Å². The number of aryl methyl sites for hydroxylation is 1. The molecule has 0 bridgehead atoms. The molecule has 0 amide bonds. The smallest absolute Gasteiger partial charge is 0.0417 e. The van der Waals surface area contributed by atoms with E-state index in [4.69, 9.17) is 17.3 Å². The fourth-order valence-electron chi connectivity index (χ4n) is 2.05. The third-order valence-corrected chi connectivity index (χ3v) is 4.57. The Balaban J connectivity index is 2.13. The van der Waals surface area contributed by atoms with Gasteiger partial charge in [0.2, 0.25) is 0 Å². The third kappa shape index (κ3) is 4.27. The maximum Gasteiger partial charge on any atom is 0.0417 e. The minimum Gasteiger partial charge on any atom is -0.327 e. The Hall–Kier alpha value is -0.960. The molecule has 0 aliphatic carbocycles. The Kier molecular flexibility index (Phi) is 5.53. The second-order valence-corrected chi connectivity index (χ2v) is 6.60. The van der Waals surface area contributed by atoms with Gasteiger partial charge in [-0.15, -0.1) is 0 Å². The van der Waals surface area contributed by atoms with Crippen molar-refractivity contribution in [1.82, 2.24) is 0 Å². The molecule has 2 rings (SSSR count). The van der Waals surface area contributed by atoms with Gasteiger partial charge in [-0.2, -0.15) is 0 Å². The van der Waals surface area contributed by atoms with Crippen molar-refractivity contribution >= 4 is 23.4 Å². The first-order valence-electron chi connectivity index (χ1n) is 6.87. The minimum absolute atomic E-state index is 0.250. The zero-order valence-electron chi connectivity index (χ0n) is 11.9. The second-order valence-electron chi connectivity index (χ2n) is 5.02. The fourth-order valence-corrected chi connectivity index (χ4v) is 3.29. The first kappa shape index (κ1) is 15.4. The van der Waals surface area contributed by atoms with E-state index < -0.39 is 0 Å². The lowest BCUT2D eigenvalue weighted by molar-refractivity contribution is 0.644. The minimum atomic E-state index is 0.250.